The molecule has 0 heterocycles. The first-order chi connectivity index (χ1) is 11.4. The highest BCUT2D eigenvalue weighted by atomic mass is 35.5. The van der Waals surface area contributed by atoms with Gasteiger partial charge in [-0.25, -0.2) is 8.42 Å². The zero-order valence-electron chi connectivity index (χ0n) is 13.3. The molecule has 1 N–H and O–H groups in total. The van der Waals surface area contributed by atoms with E-state index in [2.05, 4.69) is 5.32 Å². The summed E-state index contributed by atoms with van der Waals surface area (Å²) in [7, 11) is -3.38. The van der Waals surface area contributed by atoms with Gasteiger partial charge < -0.3 is 5.32 Å². The number of amides is 1. The molecule has 24 heavy (non-hydrogen) atoms. The largest absolute Gasteiger partial charge is 0.351 e. The van der Waals surface area contributed by atoms with Crippen LogP contribution in [0.1, 0.15) is 15.9 Å². The summed E-state index contributed by atoms with van der Waals surface area (Å²) < 4.78 is 25.2. The molecule has 1 amide bonds. The van der Waals surface area contributed by atoms with Gasteiger partial charge in [0.15, 0.2) is 0 Å². The fourth-order valence-corrected chi connectivity index (χ4v) is 3.21. The average molecular weight is 367 g/mol. The molecule has 0 saturated carbocycles. The van der Waals surface area contributed by atoms with Crippen molar-refractivity contribution in [1.29, 1.82) is 0 Å². The normalized spacial score (nSPS) is 11.5. The Morgan fingerprint density at radius 3 is 2.33 bits per heavy atom. The quantitative estimate of drug-likeness (QED) is 0.818. The summed E-state index contributed by atoms with van der Waals surface area (Å²) in [5, 5.41) is 3.06. The van der Waals surface area contributed by atoms with Gasteiger partial charge in [0.05, 0.1) is 16.8 Å². The lowest BCUT2D eigenvalue weighted by Crippen LogP contribution is -2.37. The minimum atomic E-state index is -3.38. The van der Waals surface area contributed by atoms with Gasteiger partial charge in [0.1, 0.15) is 0 Å². The number of halogens is 1. The van der Waals surface area contributed by atoms with Gasteiger partial charge in [-0.15, -0.1) is 0 Å². The van der Waals surface area contributed by atoms with E-state index in [-0.39, 0.29) is 25.5 Å². The van der Waals surface area contributed by atoms with E-state index < -0.39 is 10.0 Å². The number of carbonyl (C=O) groups is 1. The van der Waals surface area contributed by atoms with E-state index in [0.717, 1.165) is 11.8 Å². The van der Waals surface area contributed by atoms with Crippen molar-refractivity contribution < 1.29 is 13.2 Å². The first kappa shape index (κ1) is 18.4. The number of hydrogen-bond acceptors (Lipinski definition) is 3. The second-order valence-electron chi connectivity index (χ2n) is 5.32. The monoisotopic (exact) mass is 366 g/mol. The average Bonchev–Trinajstić information content (AvgIpc) is 2.54. The van der Waals surface area contributed by atoms with Crippen LogP contribution in [0.5, 0.6) is 0 Å². The minimum absolute atomic E-state index is 0.184. The molecule has 2 rings (SSSR count). The van der Waals surface area contributed by atoms with Gasteiger partial charge in [-0.3, -0.25) is 4.79 Å². The first-order valence-corrected chi connectivity index (χ1v) is 9.62. The number of nitrogens with zero attached hydrogens (tertiary/aromatic N) is 1. The van der Waals surface area contributed by atoms with Gasteiger partial charge in [-0.1, -0.05) is 54.1 Å². The molecule has 0 aliphatic rings. The van der Waals surface area contributed by atoms with Crippen LogP contribution in [-0.2, 0) is 16.6 Å². The summed E-state index contributed by atoms with van der Waals surface area (Å²) in [6.45, 7) is 0.648. The standard InChI is InChI=1S/C17H19ClN2O3S/c1-24(22,23)20(13-14-7-3-2-4-8-14)12-11-19-17(21)15-9-5-6-10-16(15)18/h2-10H,11-13H2,1H3,(H,19,21). The number of sulfonamides is 1. The smallest absolute Gasteiger partial charge is 0.252 e. The zero-order valence-corrected chi connectivity index (χ0v) is 14.8. The second-order valence-corrected chi connectivity index (χ2v) is 7.71. The van der Waals surface area contributed by atoms with Gasteiger partial charge in [0.25, 0.3) is 5.91 Å². The molecule has 2 aromatic rings. The lowest BCUT2D eigenvalue weighted by molar-refractivity contribution is 0.0951. The Labute approximate surface area is 147 Å². The minimum Gasteiger partial charge on any atom is -0.351 e. The highest BCUT2D eigenvalue weighted by Crippen LogP contribution is 2.14. The second kappa shape index (κ2) is 8.28. The van der Waals surface area contributed by atoms with E-state index >= 15 is 0 Å². The maximum atomic E-state index is 12.1. The third kappa shape index (κ3) is 5.33. The Kier molecular flexibility index (Phi) is 6.36. The van der Waals surface area contributed by atoms with Crippen LogP contribution in [0, 0.1) is 0 Å². The molecule has 5 nitrogen and oxygen atoms in total. The van der Waals surface area contributed by atoms with Gasteiger partial charge in [0.2, 0.25) is 10.0 Å². The Morgan fingerprint density at radius 2 is 1.71 bits per heavy atom. The topological polar surface area (TPSA) is 66.5 Å². The van der Waals surface area contributed by atoms with Crippen molar-refractivity contribution >= 4 is 27.5 Å². The molecule has 0 fully saturated rings. The predicted octanol–water partition coefficient (Wildman–Crippen LogP) is 2.53. The van der Waals surface area contributed by atoms with Crippen LogP contribution in [-0.4, -0.2) is 38.0 Å². The van der Waals surface area contributed by atoms with Crippen molar-refractivity contribution in [3.8, 4) is 0 Å². The Bertz CT molecular complexity index is 794. The van der Waals surface area contributed by atoms with Crippen LogP contribution in [0.2, 0.25) is 5.02 Å². The van der Waals surface area contributed by atoms with Crippen molar-refractivity contribution in [3.63, 3.8) is 0 Å². The maximum absolute atomic E-state index is 12.1. The summed E-state index contributed by atoms with van der Waals surface area (Å²) in [5.41, 5.74) is 1.26. The predicted molar refractivity (Wildman–Crippen MR) is 95.5 cm³/mol. The molecule has 0 bridgehead atoms. The van der Waals surface area contributed by atoms with E-state index in [4.69, 9.17) is 11.6 Å². The summed E-state index contributed by atoms with van der Waals surface area (Å²) in [6.07, 6.45) is 1.16. The number of rotatable bonds is 7. The Hall–Kier alpha value is -1.89. The molecule has 0 radical (unpaired) electrons. The van der Waals surface area contributed by atoms with Crippen LogP contribution in [0.4, 0.5) is 0 Å². The van der Waals surface area contributed by atoms with Crippen molar-refractivity contribution in [3.05, 3.63) is 70.7 Å². The Balaban J connectivity index is 1.96. The number of nitrogens with one attached hydrogen (secondary N) is 1. The Morgan fingerprint density at radius 1 is 1.08 bits per heavy atom. The van der Waals surface area contributed by atoms with Crippen LogP contribution >= 0.6 is 11.6 Å². The molecule has 0 atom stereocenters. The fourth-order valence-electron chi connectivity index (χ4n) is 2.18. The van der Waals surface area contributed by atoms with E-state index in [1.807, 2.05) is 30.3 Å². The highest BCUT2D eigenvalue weighted by molar-refractivity contribution is 7.88. The van der Waals surface area contributed by atoms with Crippen molar-refractivity contribution in [2.75, 3.05) is 19.3 Å². The number of benzene rings is 2. The molecule has 0 unspecified atom stereocenters. The SMILES string of the molecule is CS(=O)(=O)N(CCNC(=O)c1ccccc1Cl)Cc1ccccc1. The fraction of sp³-hybridized carbons (Fsp3) is 0.235. The third-order valence-corrected chi connectivity index (χ3v) is 5.02. The van der Waals surface area contributed by atoms with Gasteiger partial charge in [0, 0.05) is 19.6 Å². The third-order valence-electron chi connectivity index (χ3n) is 3.44. The van der Waals surface area contributed by atoms with E-state index in [0.29, 0.717) is 10.6 Å². The van der Waals surface area contributed by atoms with Gasteiger partial charge >= 0.3 is 0 Å². The van der Waals surface area contributed by atoms with Gasteiger partial charge in [-0.05, 0) is 17.7 Å². The molecule has 0 aliphatic carbocycles. The van der Waals surface area contributed by atoms with E-state index in [1.165, 1.54) is 4.31 Å². The molecular weight excluding hydrogens is 348 g/mol. The molecule has 0 saturated heterocycles. The summed E-state index contributed by atoms with van der Waals surface area (Å²) in [4.78, 5) is 12.1. The van der Waals surface area contributed by atoms with Crippen LogP contribution in [0.15, 0.2) is 54.6 Å². The van der Waals surface area contributed by atoms with Crippen molar-refractivity contribution in [1.82, 2.24) is 9.62 Å². The van der Waals surface area contributed by atoms with Crippen LogP contribution in [0.3, 0.4) is 0 Å². The molecule has 0 aromatic heterocycles. The summed E-state index contributed by atoms with van der Waals surface area (Å²) in [5.74, 6) is -0.325. The first-order valence-electron chi connectivity index (χ1n) is 7.39. The van der Waals surface area contributed by atoms with Crippen LogP contribution < -0.4 is 5.32 Å². The maximum Gasteiger partial charge on any atom is 0.252 e. The highest BCUT2D eigenvalue weighted by Gasteiger charge is 2.17. The molecule has 0 spiro atoms. The molecule has 0 aliphatic heterocycles. The molecule has 7 heteroatoms. The van der Waals surface area contributed by atoms with Crippen molar-refractivity contribution in [2.45, 2.75) is 6.54 Å². The van der Waals surface area contributed by atoms with E-state index in [1.54, 1.807) is 24.3 Å². The molecule has 128 valence electrons. The lowest BCUT2D eigenvalue weighted by Gasteiger charge is -2.20. The van der Waals surface area contributed by atoms with Gasteiger partial charge in [-0.2, -0.15) is 4.31 Å². The lowest BCUT2D eigenvalue weighted by atomic mass is 10.2. The zero-order chi connectivity index (χ0) is 17.6. The van der Waals surface area contributed by atoms with Crippen LogP contribution in [0.25, 0.3) is 0 Å². The summed E-state index contributed by atoms with van der Waals surface area (Å²) >= 11 is 5.97. The number of hydrogen-bond donors (Lipinski definition) is 1. The number of carbonyl (C=O) groups excluding carboxylic acids is 1. The molecule has 2 aromatic carbocycles. The van der Waals surface area contributed by atoms with E-state index in [9.17, 15) is 13.2 Å². The summed E-state index contributed by atoms with van der Waals surface area (Å²) in [6, 6.07) is 16.0. The van der Waals surface area contributed by atoms with Crippen molar-refractivity contribution in [2.24, 2.45) is 0 Å². The molecular formula is C17H19ClN2O3S.